The van der Waals surface area contributed by atoms with Crippen LogP contribution in [-0.4, -0.2) is 46.4 Å². The van der Waals surface area contributed by atoms with Crippen LogP contribution in [0.3, 0.4) is 0 Å². The van der Waals surface area contributed by atoms with E-state index in [4.69, 9.17) is 10.5 Å². The molecule has 9 nitrogen and oxygen atoms in total. The lowest BCUT2D eigenvalue weighted by Crippen LogP contribution is -2.55. The minimum Gasteiger partial charge on any atom is -0.444 e. The van der Waals surface area contributed by atoms with Crippen LogP contribution in [0.15, 0.2) is 42.5 Å². The van der Waals surface area contributed by atoms with Crippen LogP contribution in [0.2, 0.25) is 0 Å². The molecule has 9 heteroatoms. The summed E-state index contributed by atoms with van der Waals surface area (Å²) in [5.74, 6) is -1.11. The maximum absolute atomic E-state index is 14.6. The van der Waals surface area contributed by atoms with Crippen LogP contribution in [0, 0.1) is 26.7 Å². The maximum atomic E-state index is 14.6. The van der Waals surface area contributed by atoms with Crippen LogP contribution in [0.5, 0.6) is 0 Å². The summed E-state index contributed by atoms with van der Waals surface area (Å²) >= 11 is 0. The van der Waals surface area contributed by atoms with Crippen molar-refractivity contribution >= 4 is 29.5 Å². The summed E-state index contributed by atoms with van der Waals surface area (Å²) in [6.45, 7) is 17.1. The largest absolute Gasteiger partial charge is 0.444 e. The lowest BCUT2D eigenvalue weighted by atomic mass is 9.92. The Hall–Kier alpha value is -3.88. The van der Waals surface area contributed by atoms with E-state index in [0.29, 0.717) is 23.6 Å². The third-order valence-corrected chi connectivity index (χ3v) is 7.43. The SMILES string of the molecule is Cc1ccccc1NC(=O)C(c1cccc(C)c1C)N(C(=O)C(CCC(N)=O)NC(=O)OC(C)(C)C)C(C)CCC(C)C. The van der Waals surface area contributed by atoms with Gasteiger partial charge in [-0.3, -0.25) is 14.4 Å². The normalized spacial score (nSPS) is 13.5. The maximum Gasteiger partial charge on any atom is 0.408 e. The highest BCUT2D eigenvalue weighted by atomic mass is 16.6. The molecule has 3 unspecified atom stereocenters. The number of benzene rings is 2. The van der Waals surface area contributed by atoms with Gasteiger partial charge in [-0.25, -0.2) is 4.79 Å². The molecule has 0 saturated carbocycles. The van der Waals surface area contributed by atoms with E-state index < -0.39 is 35.6 Å². The molecule has 0 bridgehead atoms. The predicted molar refractivity (Wildman–Crippen MR) is 170 cm³/mol. The van der Waals surface area contributed by atoms with Gasteiger partial charge in [-0.05, 0) is 102 Å². The number of rotatable bonds is 13. The Labute approximate surface area is 256 Å². The number of ether oxygens (including phenoxy) is 1. The number of amides is 4. The van der Waals surface area contributed by atoms with Crippen molar-refractivity contribution in [3.63, 3.8) is 0 Å². The smallest absolute Gasteiger partial charge is 0.408 e. The highest BCUT2D eigenvalue weighted by molar-refractivity contribution is 5.99. The number of carbonyl (C=O) groups excluding carboxylic acids is 4. The Bertz CT molecular complexity index is 1280. The number of nitrogens with zero attached hydrogens (tertiary/aromatic N) is 1. The lowest BCUT2D eigenvalue weighted by molar-refractivity contribution is -0.143. The molecule has 4 N–H and O–H groups in total. The summed E-state index contributed by atoms with van der Waals surface area (Å²) in [5, 5.41) is 5.72. The van der Waals surface area contributed by atoms with Gasteiger partial charge in [-0.15, -0.1) is 0 Å². The molecule has 4 amide bonds. The minimum absolute atomic E-state index is 0.0419. The average molecular weight is 595 g/mol. The zero-order valence-electron chi connectivity index (χ0n) is 27.2. The highest BCUT2D eigenvalue weighted by Gasteiger charge is 2.39. The van der Waals surface area contributed by atoms with E-state index in [9.17, 15) is 19.2 Å². The number of para-hydroxylation sites is 1. The van der Waals surface area contributed by atoms with Crippen LogP contribution < -0.4 is 16.4 Å². The van der Waals surface area contributed by atoms with Crippen molar-refractivity contribution in [2.75, 3.05) is 5.32 Å². The quantitative estimate of drug-likeness (QED) is 0.258. The summed E-state index contributed by atoms with van der Waals surface area (Å²) in [7, 11) is 0. The molecule has 0 aliphatic rings. The fourth-order valence-electron chi connectivity index (χ4n) is 4.89. The Balaban J connectivity index is 2.71. The number of hydrogen-bond acceptors (Lipinski definition) is 5. The topological polar surface area (TPSA) is 131 Å². The fourth-order valence-corrected chi connectivity index (χ4v) is 4.89. The van der Waals surface area contributed by atoms with Gasteiger partial charge in [-0.1, -0.05) is 50.2 Å². The van der Waals surface area contributed by atoms with Crippen molar-refractivity contribution < 1.29 is 23.9 Å². The van der Waals surface area contributed by atoms with Crippen molar-refractivity contribution in [2.45, 2.75) is 112 Å². The summed E-state index contributed by atoms with van der Waals surface area (Å²) in [6, 6.07) is 10.6. The van der Waals surface area contributed by atoms with Gasteiger partial charge >= 0.3 is 6.09 Å². The van der Waals surface area contributed by atoms with E-state index in [1.807, 2.05) is 70.2 Å². The monoisotopic (exact) mass is 594 g/mol. The van der Waals surface area contributed by atoms with Gasteiger partial charge in [0.15, 0.2) is 0 Å². The summed E-state index contributed by atoms with van der Waals surface area (Å²) in [5.41, 5.74) is 8.72. The molecular formula is C34H50N4O5. The van der Waals surface area contributed by atoms with Crippen molar-refractivity contribution in [3.8, 4) is 0 Å². The summed E-state index contributed by atoms with van der Waals surface area (Å²) < 4.78 is 5.45. The van der Waals surface area contributed by atoms with Gasteiger partial charge in [0.1, 0.15) is 17.7 Å². The van der Waals surface area contributed by atoms with E-state index in [1.165, 1.54) is 0 Å². The van der Waals surface area contributed by atoms with Crippen LogP contribution in [0.1, 0.15) is 95.5 Å². The molecule has 0 heterocycles. The number of anilines is 1. The molecule has 236 valence electrons. The Morgan fingerprint density at radius 1 is 0.884 bits per heavy atom. The Kier molecular flexibility index (Phi) is 12.8. The number of hydrogen-bond donors (Lipinski definition) is 3. The Morgan fingerprint density at radius 2 is 1.51 bits per heavy atom. The van der Waals surface area contributed by atoms with E-state index >= 15 is 0 Å². The molecule has 2 aromatic carbocycles. The van der Waals surface area contributed by atoms with Gasteiger partial charge in [0.2, 0.25) is 11.8 Å². The van der Waals surface area contributed by atoms with Crippen LogP contribution >= 0.6 is 0 Å². The van der Waals surface area contributed by atoms with Gasteiger partial charge in [-0.2, -0.15) is 0 Å². The number of primary amides is 1. The van der Waals surface area contributed by atoms with Crippen molar-refractivity contribution in [1.82, 2.24) is 10.2 Å². The highest BCUT2D eigenvalue weighted by Crippen LogP contribution is 2.32. The molecule has 0 spiro atoms. The summed E-state index contributed by atoms with van der Waals surface area (Å²) in [6.07, 6.45) is 0.467. The number of carbonyl (C=O) groups is 4. The second kappa shape index (κ2) is 15.5. The number of aryl methyl sites for hydroxylation is 2. The van der Waals surface area contributed by atoms with Crippen molar-refractivity contribution in [1.29, 1.82) is 0 Å². The molecule has 2 aromatic rings. The predicted octanol–water partition coefficient (Wildman–Crippen LogP) is 6.10. The molecule has 0 saturated heterocycles. The first-order chi connectivity index (χ1) is 20.0. The van der Waals surface area contributed by atoms with Gasteiger partial charge < -0.3 is 26.0 Å². The van der Waals surface area contributed by atoms with E-state index in [2.05, 4.69) is 24.5 Å². The van der Waals surface area contributed by atoms with Crippen molar-refractivity contribution in [3.05, 3.63) is 64.7 Å². The average Bonchev–Trinajstić information content (AvgIpc) is 2.89. The molecule has 0 aromatic heterocycles. The molecular weight excluding hydrogens is 544 g/mol. The Morgan fingerprint density at radius 3 is 2.09 bits per heavy atom. The minimum atomic E-state index is -1.15. The number of nitrogens with two attached hydrogens (primary N) is 1. The van der Waals surface area contributed by atoms with Crippen molar-refractivity contribution in [2.24, 2.45) is 11.7 Å². The standard InChI is InChI=1S/C34H50N4O5/c1-21(2)17-18-24(5)38(32(41)28(19-20-29(35)39)37-33(42)43-34(7,8)9)30(26-15-12-14-22(3)25(26)6)31(40)36-27-16-11-10-13-23(27)4/h10-16,21,24,28,30H,17-20H2,1-9H3,(H2,35,39)(H,36,40)(H,37,42). The van der Waals surface area contributed by atoms with Crippen LogP contribution in [0.4, 0.5) is 10.5 Å². The molecule has 0 radical (unpaired) electrons. The first-order valence-electron chi connectivity index (χ1n) is 15.0. The molecule has 2 rings (SSSR count). The lowest BCUT2D eigenvalue weighted by Gasteiger charge is -2.39. The molecule has 0 aliphatic carbocycles. The first-order valence-corrected chi connectivity index (χ1v) is 15.0. The molecule has 3 atom stereocenters. The van der Waals surface area contributed by atoms with E-state index in [0.717, 1.165) is 23.1 Å². The zero-order chi connectivity index (χ0) is 32.5. The second-order valence-corrected chi connectivity index (χ2v) is 12.8. The molecule has 0 aliphatic heterocycles. The third-order valence-electron chi connectivity index (χ3n) is 7.43. The molecule has 0 fully saturated rings. The van der Waals surface area contributed by atoms with Crippen LogP contribution in [-0.2, 0) is 19.1 Å². The van der Waals surface area contributed by atoms with E-state index in [-0.39, 0.29) is 24.8 Å². The summed E-state index contributed by atoms with van der Waals surface area (Å²) in [4.78, 5) is 55.2. The number of nitrogens with one attached hydrogen (secondary N) is 2. The molecule has 43 heavy (non-hydrogen) atoms. The van der Waals surface area contributed by atoms with Gasteiger partial charge in [0.05, 0.1) is 0 Å². The zero-order valence-corrected chi connectivity index (χ0v) is 27.2. The third kappa shape index (κ3) is 10.7. The second-order valence-electron chi connectivity index (χ2n) is 12.8. The van der Waals surface area contributed by atoms with E-state index in [1.54, 1.807) is 25.7 Å². The van der Waals surface area contributed by atoms with Gasteiger partial charge in [0, 0.05) is 18.2 Å². The fraction of sp³-hybridized carbons (Fsp3) is 0.529. The first kappa shape index (κ1) is 35.3. The van der Waals surface area contributed by atoms with Crippen LogP contribution in [0.25, 0.3) is 0 Å². The van der Waals surface area contributed by atoms with Gasteiger partial charge in [0.25, 0.3) is 5.91 Å². The number of alkyl carbamates (subject to hydrolysis) is 1.